The lowest BCUT2D eigenvalue weighted by atomic mass is 9.91. The first kappa shape index (κ1) is 8.94. The van der Waals surface area contributed by atoms with E-state index in [1.54, 1.807) is 0 Å². The molecule has 3 saturated heterocycles. The number of alkyl halides is 1. The molecule has 4 heteroatoms. The number of ether oxygens (including phenoxy) is 3. The lowest BCUT2D eigenvalue weighted by molar-refractivity contribution is -0.465. The van der Waals surface area contributed by atoms with Gasteiger partial charge in [0, 0.05) is 11.8 Å². The molecule has 0 aliphatic carbocycles. The Morgan fingerprint density at radius 3 is 2.00 bits per heavy atom. The first-order valence-corrected chi connectivity index (χ1v) is 5.34. The molecule has 3 aliphatic rings. The maximum atomic E-state index is 5.53. The van der Waals surface area contributed by atoms with E-state index in [2.05, 4.69) is 15.9 Å². The highest BCUT2D eigenvalue weighted by atomic mass is 79.9. The molecule has 0 aromatic rings. The zero-order chi connectivity index (χ0) is 8.66. The van der Waals surface area contributed by atoms with Gasteiger partial charge in [0.15, 0.2) is 0 Å². The van der Waals surface area contributed by atoms with E-state index in [9.17, 15) is 0 Å². The molecule has 0 atom stereocenters. The van der Waals surface area contributed by atoms with E-state index in [1.807, 2.05) is 6.92 Å². The fraction of sp³-hybridized carbons (Fsp3) is 1.00. The molecule has 0 radical (unpaired) electrons. The molecule has 0 saturated carbocycles. The number of hydrogen-bond acceptors (Lipinski definition) is 3. The van der Waals surface area contributed by atoms with E-state index in [1.165, 1.54) is 0 Å². The van der Waals surface area contributed by atoms with Crippen LogP contribution in [0.1, 0.15) is 13.3 Å². The van der Waals surface area contributed by atoms with Crippen LogP contribution in [0.3, 0.4) is 0 Å². The number of rotatable bonds is 2. The average Bonchev–Trinajstić information content (AvgIpc) is 2.21. The standard InChI is InChI=1S/C8H13BrO3/c1-2-8-10-4-7(3-9,5-11-8)6-12-8/h2-6H2,1H3. The molecule has 2 bridgehead atoms. The monoisotopic (exact) mass is 236 g/mol. The van der Waals surface area contributed by atoms with Gasteiger partial charge in [-0.1, -0.05) is 22.9 Å². The van der Waals surface area contributed by atoms with Gasteiger partial charge in [0.1, 0.15) is 0 Å². The van der Waals surface area contributed by atoms with E-state index in [-0.39, 0.29) is 5.41 Å². The van der Waals surface area contributed by atoms with Crippen LogP contribution in [0.4, 0.5) is 0 Å². The van der Waals surface area contributed by atoms with Crippen molar-refractivity contribution in [1.29, 1.82) is 0 Å². The van der Waals surface area contributed by atoms with Crippen molar-refractivity contribution in [2.24, 2.45) is 5.41 Å². The minimum atomic E-state index is -0.718. The molecule has 0 N–H and O–H groups in total. The Morgan fingerprint density at radius 1 is 1.17 bits per heavy atom. The highest BCUT2D eigenvalue weighted by Gasteiger charge is 2.50. The predicted molar refractivity (Wildman–Crippen MR) is 47.1 cm³/mol. The maximum absolute atomic E-state index is 5.53. The number of halogens is 1. The second kappa shape index (κ2) is 2.94. The van der Waals surface area contributed by atoms with Gasteiger partial charge in [-0.15, -0.1) is 0 Å². The van der Waals surface area contributed by atoms with Crippen molar-refractivity contribution in [1.82, 2.24) is 0 Å². The summed E-state index contributed by atoms with van der Waals surface area (Å²) in [5.74, 6) is -0.718. The van der Waals surface area contributed by atoms with Crippen molar-refractivity contribution in [2.45, 2.75) is 19.3 Å². The molecule has 3 aliphatic heterocycles. The van der Waals surface area contributed by atoms with Crippen molar-refractivity contribution in [3.8, 4) is 0 Å². The summed E-state index contributed by atoms with van der Waals surface area (Å²) in [7, 11) is 0. The molecular weight excluding hydrogens is 224 g/mol. The summed E-state index contributed by atoms with van der Waals surface area (Å²) < 4.78 is 16.6. The SMILES string of the molecule is CCC12OCC(CBr)(CO1)CO2. The van der Waals surface area contributed by atoms with E-state index >= 15 is 0 Å². The third kappa shape index (κ3) is 1.21. The Kier molecular flexibility index (Phi) is 2.19. The highest BCUT2D eigenvalue weighted by Crippen LogP contribution is 2.40. The van der Waals surface area contributed by atoms with Crippen LogP contribution in [0.15, 0.2) is 0 Å². The van der Waals surface area contributed by atoms with Gasteiger partial charge < -0.3 is 14.2 Å². The van der Waals surface area contributed by atoms with Crippen LogP contribution in [-0.2, 0) is 14.2 Å². The molecule has 0 amide bonds. The van der Waals surface area contributed by atoms with Crippen LogP contribution >= 0.6 is 15.9 Å². The Labute approximate surface area is 80.5 Å². The maximum Gasteiger partial charge on any atom is 0.282 e. The summed E-state index contributed by atoms with van der Waals surface area (Å²) in [6.45, 7) is 4.23. The van der Waals surface area contributed by atoms with E-state index in [0.717, 1.165) is 31.6 Å². The highest BCUT2D eigenvalue weighted by molar-refractivity contribution is 9.09. The first-order valence-electron chi connectivity index (χ1n) is 4.22. The molecule has 0 aromatic heterocycles. The fourth-order valence-corrected chi connectivity index (χ4v) is 1.95. The van der Waals surface area contributed by atoms with Crippen LogP contribution in [0.2, 0.25) is 0 Å². The topological polar surface area (TPSA) is 27.7 Å². The molecule has 0 aromatic carbocycles. The lowest BCUT2D eigenvalue weighted by Crippen LogP contribution is -2.60. The average molecular weight is 237 g/mol. The van der Waals surface area contributed by atoms with Gasteiger partial charge in [-0.05, 0) is 0 Å². The van der Waals surface area contributed by atoms with Gasteiger partial charge in [0.05, 0.1) is 25.2 Å². The quantitative estimate of drug-likeness (QED) is 0.681. The third-order valence-electron chi connectivity index (χ3n) is 2.51. The zero-order valence-electron chi connectivity index (χ0n) is 7.14. The van der Waals surface area contributed by atoms with E-state index in [0.29, 0.717) is 0 Å². The van der Waals surface area contributed by atoms with Crippen LogP contribution in [0.25, 0.3) is 0 Å². The number of fused-ring (bicyclic) bond motifs is 3. The largest absolute Gasteiger partial charge is 0.327 e. The van der Waals surface area contributed by atoms with Gasteiger partial charge in [-0.2, -0.15) is 0 Å². The molecule has 3 rings (SSSR count). The molecular formula is C8H13BrO3. The summed E-state index contributed by atoms with van der Waals surface area (Å²) >= 11 is 3.45. The minimum Gasteiger partial charge on any atom is -0.327 e. The molecule has 0 spiro atoms. The molecule has 3 fully saturated rings. The van der Waals surface area contributed by atoms with Crippen LogP contribution in [0, 0.1) is 5.41 Å². The van der Waals surface area contributed by atoms with E-state index in [4.69, 9.17) is 14.2 Å². The van der Waals surface area contributed by atoms with Gasteiger partial charge >= 0.3 is 0 Å². The van der Waals surface area contributed by atoms with Crippen LogP contribution in [-0.4, -0.2) is 31.1 Å². The lowest BCUT2D eigenvalue weighted by Gasteiger charge is -2.50. The van der Waals surface area contributed by atoms with E-state index < -0.39 is 5.97 Å². The second-order valence-corrected chi connectivity index (χ2v) is 4.10. The molecule has 3 nitrogen and oxygen atoms in total. The summed E-state index contributed by atoms with van der Waals surface area (Å²) in [4.78, 5) is 0. The Hall–Kier alpha value is 0.360. The van der Waals surface area contributed by atoms with Crippen LogP contribution in [0.5, 0.6) is 0 Å². The van der Waals surface area contributed by atoms with Gasteiger partial charge in [0.25, 0.3) is 5.97 Å². The summed E-state index contributed by atoms with van der Waals surface area (Å²) in [6.07, 6.45) is 0.755. The normalized spacial score (nSPS) is 46.5. The molecule has 12 heavy (non-hydrogen) atoms. The molecule has 3 heterocycles. The third-order valence-corrected chi connectivity index (χ3v) is 3.70. The van der Waals surface area contributed by atoms with Gasteiger partial charge in [0.2, 0.25) is 0 Å². The minimum absolute atomic E-state index is 0.0525. The van der Waals surface area contributed by atoms with Crippen molar-refractivity contribution in [3.63, 3.8) is 0 Å². The Bertz CT molecular complexity index is 139. The zero-order valence-corrected chi connectivity index (χ0v) is 8.72. The molecule has 70 valence electrons. The van der Waals surface area contributed by atoms with Crippen molar-refractivity contribution in [2.75, 3.05) is 25.2 Å². The smallest absolute Gasteiger partial charge is 0.282 e. The number of hydrogen-bond donors (Lipinski definition) is 0. The Balaban J connectivity index is 2.09. The fourth-order valence-electron chi connectivity index (χ4n) is 1.46. The second-order valence-electron chi connectivity index (χ2n) is 3.54. The first-order chi connectivity index (χ1) is 5.74. The van der Waals surface area contributed by atoms with Crippen LogP contribution < -0.4 is 0 Å². The van der Waals surface area contributed by atoms with Crippen molar-refractivity contribution >= 4 is 15.9 Å². The van der Waals surface area contributed by atoms with Gasteiger partial charge in [-0.3, -0.25) is 0 Å². The molecule has 0 unspecified atom stereocenters. The Morgan fingerprint density at radius 2 is 1.67 bits per heavy atom. The summed E-state index contributed by atoms with van der Waals surface area (Å²) in [6, 6.07) is 0. The summed E-state index contributed by atoms with van der Waals surface area (Å²) in [5, 5.41) is 0.875. The van der Waals surface area contributed by atoms with Crippen molar-refractivity contribution < 1.29 is 14.2 Å². The predicted octanol–water partition coefficient (Wildman–Crippen LogP) is 1.51. The summed E-state index contributed by atoms with van der Waals surface area (Å²) in [5.41, 5.74) is 0.0525. The van der Waals surface area contributed by atoms with Gasteiger partial charge in [-0.25, -0.2) is 0 Å². The van der Waals surface area contributed by atoms with Crippen molar-refractivity contribution in [3.05, 3.63) is 0 Å².